The van der Waals surface area contributed by atoms with Crippen molar-refractivity contribution in [2.24, 2.45) is 0 Å². The molecule has 2 rings (SSSR count). The molecular weight excluding hydrogens is 176 g/mol. The lowest BCUT2D eigenvalue weighted by Gasteiger charge is -2.12. The molecule has 0 saturated heterocycles. The molecule has 0 saturated carbocycles. The summed E-state index contributed by atoms with van der Waals surface area (Å²) in [6.45, 7) is 2.63. The third-order valence-corrected chi connectivity index (χ3v) is 2.21. The van der Waals surface area contributed by atoms with E-state index in [4.69, 9.17) is 16.3 Å². The average Bonchev–Trinajstić information content (AvgIpc) is 2.04. The highest BCUT2D eigenvalue weighted by Gasteiger charge is 2.22. The number of aryl methyl sites for hydroxylation is 1. The Balaban J connectivity index is 2.53. The van der Waals surface area contributed by atoms with E-state index in [9.17, 15) is 0 Å². The summed E-state index contributed by atoms with van der Waals surface area (Å²) in [5.41, 5.74) is 1.01. The topological polar surface area (TPSA) is 36.3 Å². The predicted molar refractivity (Wildman–Crippen MR) is 44.4 cm³/mol. The van der Waals surface area contributed by atoms with Gasteiger partial charge in [-0.1, -0.05) is 0 Å². The highest BCUT2D eigenvalue weighted by atomic mass is 35.5. The van der Waals surface area contributed by atoms with Crippen molar-refractivity contribution in [1.82, 2.24) is 4.98 Å². The molecule has 4 heteroatoms. The van der Waals surface area contributed by atoms with Crippen LogP contribution in [0.3, 0.4) is 0 Å². The fourth-order valence-corrected chi connectivity index (χ4v) is 1.65. The van der Waals surface area contributed by atoms with Crippen molar-refractivity contribution < 1.29 is 9.72 Å². The van der Waals surface area contributed by atoms with Crippen molar-refractivity contribution in [2.45, 2.75) is 19.8 Å². The Morgan fingerprint density at radius 3 is 3.25 bits per heavy atom. The molecule has 1 N–H and O–H groups in total. The third-order valence-electron chi connectivity index (χ3n) is 1.90. The second-order valence-corrected chi connectivity index (χ2v) is 3.23. The molecule has 1 aliphatic heterocycles. The van der Waals surface area contributed by atoms with E-state index in [2.05, 4.69) is 9.97 Å². The monoisotopic (exact) mass is 185 g/mol. The second-order valence-electron chi connectivity index (χ2n) is 2.87. The van der Waals surface area contributed by atoms with Crippen LogP contribution in [-0.4, -0.2) is 11.6 Å². The fourth-order valence-electron chi connectivity index (χ4n) is 1.34. The third kappa shape index (κ3) is 1.25. The van der Waals surface area contributed by atoms with E-state index < -0.39 is 0 Å². The van der Waals surface area contributed by atoms with Gasteiger partial charge in [-0.15, -0.1) is 0 Å². The fraction of sp³-hybridized carbons (Fsp3) is 0.500. The minimum atomic E-state index is 0.570. The van der Waals surface area contributed by atoms with E-state index in [1.807, 2.05) is 6.92 Å². The molecule has 0 bridgehead atoms. The number of hydrogen-bond donors (Lipinski definition) is 0. The van der Waals surface area contributed by atoms with Crippen molar-refractivity contribution in [1.29, 1.82) is 0 Å². The van der Waals surface area contributed by atoms with Gasteiger partial charge in [0.25, 0.3) is 16.9 Å². The maximum atomic E-state index is 5.94. The Kier molecular flexibility index (Phi) is 1.89. The van der Waals surface area contributed by atoms with Crippen LogP contribution in [-0.2, 0) is 6.42 Å². The van der Waals surface area contributed by atoms with E-state index in [0.717, 1.165) is 36.7 Å². The summed E-state index contributed by atoms with van der Waals surface area (Å²) in [4.78, 5) is 7.17. The van der Waals surface area contributed by atoms with Crippen LogP contribution in [0.2, 0.25) is 5.15 Å². The van der Waals surface area contributed by atoms with Crippen molar-refractivity contribution in [2.75, 3.05) is 6.61 Å². The van der Waals surface area contributed by atoms with Gasteiger partial charge in [0, 0.05) is 6.92 Å². The Morgan fingerprint density at radius 2 is 2.42 bits per heavy atom. The lowest BCUT2D eigenvalue weighted by atomic mass is 10.1. The average molecular weight is 186 g/mol. The number of halogens is 1. The van der Waals surface area contributed by atoms with Crippen LogP contribution < -0.4 is 9.72 Å². The maximum absolute atomic E-state index is 5.94. The van der Waals surface area contributed by atoms with Gasteiger partial charge in [0.1, 0.15) is 5.56 Å². The number of H-pyrrole nitrogens is 1. The molecule has 12 heavy (non-hydrogen) atoms. The lowest BCUT2D eigenvalue weighted by molar-refractivity contribution is -0.410. The summed E-state index contributed by atoms with van der Waals surface area (Å²) in [5, 5.41) is 0.570. The molecule has 0 aliphatic carbocycles. The van der Waals surface area contributed by atoms with Crippen LogP contribution >= 0.6 is 11.6 Å². The number of aromatic nitrogens is 2. The second kappa shape index (κ2) is 2.90. The zero-order valence-corrected chi connectivity index (χ0v) is 7.61. The zero-order chi connectivity index (χ0) is 8.55. The largest absolute Gasteiger partial charge is 0.462 e. The molecule has 64 valence electrons. The SMILES string of the molecule is Cc1nc(Cl)c2c([nH+]1)OCCC2. The minimum absolute atomic E-state index is 0.570. The first-order chi connectivity index (χ1) is 5.77. The van der Waals surface area contributed by atoms with Crippen LogP contribution in [0.15, 0.2) is 0 Å². The first-order valence-electron chi connectivity index (χ1n) is 3.98. The van der Waals surface area contributed by atoms with Crippen LogP contribution in [0.25, 0.3) is 0 Å². The number of fused-ring (bicyclic) bond motifs is 1. The van der Waals surface area contributed by atoms with E-state index in [-0.39, 0.29) is 0 Å². The van der Waals surface area contributed by atoms with Gasteiger partial charge in [-0.2, -0.15) is 0 Å². The minimum Gasteiger partial charge on any atom is -0.462 e. The molecule has 0 aromatic carbocycles. The Bertz CT molecular complexity index is 314. The van der Waals surface area contributed by atoms with Crippen molar-refractivity contribution in [3.63, 3.8) is 0 Å². The van der Waals surface area contributed by atoms with Crippen molar-refractivity contribution >= 4 is 11.6 Å². The van der Waals surface area contributed by atoms with Gasteiger partial charge in [0.15, 0.2) is 0 Å². The van der Waals surface area contributed by atoms with Gasteiger partial charge in [0.2, 0.25) is 0 Å². The number of rotatable bonds is 0. The van der Waals surface area contributed by atoms with Gasteiger partial charge in [-0.05, 0) is 29.4 Å². The highest BCUT2D eigenvalue weighted by Crippen LogP contribution is 2.24. The molecule has 0 fully saturated rings. The summed E-state index contributed by atoms with van der Waals surface area (Å²) in [5.74, 6) is 1.58. The molecule has 0 radical (unpaired) electrons. The van der Waals surface area contributed by atoms with Crippen LogP contribution in [0, 0.1) is 6.92 Å². The molecule has 1 aliphatic rings. The molecule has 0 amide bonds. The van der Waals surface area contributed by atoms with Crippen molar-refractivity contribution in [3.8, 4) is 5.88 Å². The molecule has 1 aromatic heterocycles. The van der Waals surface area contributed by atoms with Gasteiger partial charge < -0.3 is 4.74 Å². The summed E-state index contributed by atoms with van der Waals surface area (Å²) < 4.78 is 5.41. The Morgan fingerprint density at radius 1 is 1.58 bits per heavy atom. The van der Waals surface area contributed by atoms with Gasteiger partial charge in [-0.25, -0.2) is 4.98 Å². The van der Waals surface area contributed by atoms with E-state index in [0.29, 0.717) is 5.15 Å². The highest BCUT2D eigenvalue weighted by molar-refractivity contribution is 6.30. The summed E-state index contributed by atoms with van der Waals surface area (Å²) >= 11 is 5.94. The molecular formula is C8H10ClN2O+. The van der Waals surface area contributed by atoms with Crippen LogP contribution in [0.4, 0.5) is 0 Å². The first kappa shape index (κ1) is 7.80. The lowest BCUT2D eigenvalue weighted by Crippen LogP contribution is -2.22. The molecule has 0 spiro atoms. The summed E-state index contributed by atoms with van der Waals surface area (Å²) in [6, 6.07) is 0. The smallest absolute Gasteiger partial charge is 0.297 e. The normalized spacial score (nSPS) is 15.2. The molecule has 0 atom stereocenters. The molecule has 1 aromatic rings. The summed E-state index contributed by atoms with van der Waals surface area (Å²) in [7, 11) is 0. The zero-order valence-electron chi connectivity index (χ0n) is 6.85. The Hall–Kier alpha value is -0.830. The van der Waals surface area contributed by atoms with E-state index in [1.54, 1.807) is 0 Å². The van der Waals surface area contributed by atoms with E-state index in [1.165, 1.54) is 0 Å². The number of aromatic amines is 1. The van der Waals surface area contributed by atoms with E-state index >= 15 is 0 Å². The van der Waals surface area contributed by atoms with Crippen molar-refractivity contribution in [3.05, 3.63) is 16.5 Å². The number of nitrogens with zero attached hydrogens (tertiary/aromatic N) is 1. The van der Waals surface area contributed by atoms with Gasteiger partial charge >= 0.3 is 0 Å². The quantitative estimate of drug-likeness (QED) is 0.570. The number of hydrogen-bond acceptors (Lipinski definition) is 2. The predicted octanol–water partition coefficient (Wildman–Crippen LogP) is 1.18. The molecule has 0 unspecified atom stereocenters. The molecule has 3 nitrogen and oxygen atoms in total. The number of nitrogens with one attached hydrogen (secondary N) is 1. The summed E-state index contributed by atoms with van der Waals surface area (Å²) in [6.07, 6.45) is 1.98. The molecule has 2 heterocycles. The van der Waals surface area contributed by atoms with Crippen LogP contribution in [0.1, 0.15) is 17.8 Å². The van der Waals surface area contributed by atoms with Gasteiger partial charge in [0.05, 0.1) is 6.61 Å². The maximum Gasteiger partial charge on any atom is 0.297 e. The van der Waals surface area contributed by atoms with Crippen LogP contribution in [0.5, 0.6) is 5.88 Å². The standard InChI is InChI=1S/C8H9ClN2O/c1-5-10-7(9)6-3-2-4-12-8(6)11-5/h2-4H2,1H3/p+1. The number of ether oxygens (including phenoxy) is 1. The Labute approximate surface area is 75.7 Å². The first-order valence-corrected chi connectivity index (χ1v) is 4.36. The van der Waals surface area contributed by atoms with Gasteiger partial charge in [-0.3, -0.25) is 0 Å².